The number of hydrogen-bond donors (Lipinski definition) is 1. The Morgan fingerprint density at radius 1 is 1.38 bits per heavy atom. The molecule has 0 aliphatic rings. The van der Waals surface area contributed by atoms with Crippen molar-refractivity contribution in [1.82, 2.24) is 14.9 Å². The third-order valence-electron chi connectivity index (χ3n) is 3.16. The van der Waals surface area contributed by atoms with Gasteiger partial charge in [0.1, 0.15) is 16.3 Å². The summed E-state index contributed by atoms with van der Waals surface area (Å²) in [6.07, 6.45) is 1.99. The summed E-state index contributed by atoms with van der Waals surface area (Å²) in [5, 5.41) is 7.07. The van der Waals surface area contributed by atoms with E-state index in [9.17, 15) is 4.79 Å². The molecule has 0 unspecified atom stereocenters. The fourth-order valence-electron chi connectivity index (χ4n) is 2.07. The lowest BCUT2D eigenvalue weighted by atomic mass is 10.1. The summed E-state index contributed by atoms with van der Waals surface area (Å²) >= 11 is 1.12. The predicted molar refractivity (Wildman–Crippen MR) is 83.7 cm³/mol. The monoisotopic (exact) mass is 305 g/mol. The predicted octanol–water partition coefficient (Wildman–Crippen LogP) is 3.13. The second-order valence-corrected chi connectivity index (χ2v) is 5.60. The van der Waals surface area contributed by atoms with Gasteiger partial charge in [0.25, 0.3) is 5.91 Å². The summed E-state index contributed by atoms with van der Waals surface area (Å²) < 4.78 is 9.05. The Hall–Kier alpha value is -1.95. The maximum atomic E-state index is 12.3. The zero-order chi connectivity index (χ0) is 15.2. The Bertz CT molecular complexity index is 595. The van der Waals surface area contributed by atoms with Crippen molar-refractivity contribution >= 4 is 17.4 Å². The first-order valence-corrected chi connectivity index (χ1v) is 7.70. The van der Waals surface area contributed by atoms with Crippen molar-refractivity contribution in [3.05, 3.63) is 29.1 Å². The van der Waals surface area contributed by atoms with Gasteiger partial charge < -0.3 is 10.1 Å². The van der Waals surface area contributed by atoms with Gasteiger partial charge in [-0.15, -0.1) is 5.10 Å². The van der Waals surface area contributed by atoms with E-state index in [1.165, 1.54) is 0 Å². The van der Waals surface area contributed by atoms with Gasteiger partial charge in [0.2, 0.25) is 0 Å². The van der Waals surface area contributed by atoms with E-state index in [1.807, 2.05) is 31.2 Å². The third kappa shape index (κ3) is 3.78. The lowest BCUT2D eigenvalue weighted by Crippen LogP contribution is -2.32. The van der Waals surface area contributed by atoms with Gasteiger partial charge in [0.05, 0.1) is 7.11 Å². The van der Waals surface area contributed by atoms with Crippen LogP contribution in [0.5, 0.6) is 5.75 Å². The Labute approximate surface area is 128 Å². The van der Waals surface area contributed by atoms with E-state index in [2.05, 4.69) is 21.8 Å². The quantitative estimate of drug-likeness (QED) is 0.890. The van der Waals surface area contributed by atoms with Gasteiger partial charge in [-0.3, -0.25) is 4.79 Å². The number of rotatable bonds is 6. The first kappa shape index (κ1) is 15.4. The molecule has 0 fully saturated rings. The van der Waals surface area contributed by atoms with E-state index in [-0.39, 0.29) is 11.9 Å². The fraction of sp³-hybridized carbons (Fsp3) is 0.400. The molecule has 0 radical (unpaired) electrons. The number of benzene rings is 1. The van der Waals surface area contributed by atoms with Gasteiger partial charge in [0.15, 0.2) is 0 Å². The first-order valence-electron chi connectivity index (χ1n) is 6.93. The van der Waals surface area contributed by atoms with Crippen LogP contribution in [0.1, 0.15) is 36.4 Å². The molecule has 21 heavy (non-hydrogen) atoms. The molecule has 1 amide bonds. The molecular weight excluding hydrogens is 286 g/mol. The topological polar surface area (TPSA) is 64.1 Å². The SMILES string of the molecule is CCC[C@@H](C)NC(=O)c1snnc1-c1ccc(OC)cc1. The lowest BCUT2D eigenvalue weighted by molar-refractivity contribution is 0.0943. The Morgan fingerprint density at radius 2 is 2.10 bits per heavy atom. The summed E-state index contributed by atoms with van der Waals surface area (Å²) in [6.45, 7) is 4.10. The molecule has 1 N–H and O–H groups in total. The summed E-state index contributed by atoms with van der Waals surface area (Å²) in [7, 11) is 1.62. The second-order valence-electron chi connectivity index (χ2n) is 4.84. The van der Waals surface area contributed by atoms with Crippen molar-refractivity contribution in [3.8, 4) is 17.0 Å². The van der Waals surface area contributed by atoms with Crippen LogP contribution < -0.4 is 10.1 Å². The van der Waals surface area contributed by atoms with Gasteiger partial charge >= 0.3 is 0 Å². The van der Waals surface area contributed by atoms with E-state index in [4.69, 9.17) is 4.74 Å². The van der Waals surface area contributed by atoms with Crippen LogP contribution in [0.4, 0.5) is 0 Å². The van der Waals surface area contributed by atoms with Crippen LogP contribution in [0.25, 0.3) is 11.3 Å². The smallest absolute Gasteiger partial charge is 0.265 e. The van der Waals surface area contributed by atoms with E-state index >= 15 is 0 Å². The van der Waals surface area contributed by atoms with Crippen molar-refractivity contribution in [2.75, 3.05) is 7.11 Å². The summed E-state index contributed by atoms with van der Waals surface area (Å²) in [4.78, 5) is 12.8. The van der Waals surface area contributed by atoms with Crippen molar-refractivity contribution in [1.29, 1.82) is 0 Å². The highest BCUT2D eigenvalue weighted by atomic mass is 32.1. The fourth-order valence-corrected chi connectivity index (χ4v) is 2.66. The van der Waals surface area contributed by atoms with Gasteiger partial charge in [-0.1, -0.05) is 17.8 Å². The third-order valence-corrected chi connectivity index (χ3v) is 3.88. The molecule has 0 saturated carbocycles. The van der Waals surface area contributed by atoms with Crippen LogP contribution in [-0.4, -0.2) is 28.6 Å². The number of carbonyl (C=O) groups excluding carboxylic acids is 1. The standard InChI is InChI=1S/C15H19N3O2S/c1-4-5-10(2)16-15(19)14-13(17-18-21-14)11-6-8-12(20-3)9-7-11/h6-10H,4-5H2,1-3H3,(H,16,19)/t10-/m1/s1. The van der Waals surface area contributed by atoms with Gasteiger partial charge in [-0.05, 0) is 49.1 Å². The molecule has 6 heteroatoms. The molecular formula is C15H19N3O2S. The van der Waals surface area contributed by atoms with Crippen LogP contribution in [0.15, 0.2) is 24.3 Å². The molecule has 0 aliphatic carbocycles. The molecule has 2 rings (SSSR count). The van der Waals surface area contributed by atoms with Gasteiger partial charge in [0, 0.05) is 11.6 Å². The summed E-state index contributed by atoms with van der Waals surface area (Å²) in [6, 6.07) is 7.59. The zero-order valence-corrected chi connectivity index (χ0v) is 13.2. The minimum atomic E-state index is -0.114. The first-order chi connectivity index (χ1) is 10.2. The molecule has 1 atom stereocenters. The average molecular weight is 305 g/mol. The molecule has 1 heterocycles. The zero-order valence-electron chi connectivity index (χ0n) is 12.4. The van der Waals surface area contributed by atoms with Gasteiger partial charge in [-0.25, -0.2) is 0 Å². The summed E-state index contributed by atoms with van der Waals surface area (Å²) in [5.74, 6) is 0.654. The number of nitrogens with zero attached hydrogens (tertiary/aromatic N) is 2. The number of carbonyl (C=O) groups is 1. The largest absolute Gasteiger partial charge is 0.497 e. The molecule has 5 nitrogen and oxygen atoms in total. The minimum Gasteiger partial charge on any atom is -0.497 e. The number of aromatic nitrogens is 2. The molecule has 1 aromatic heterocycles. The van der Waals surface area contributed by atoms with Crippen LogP contribution >= 0.6 is 11.5 Å². The minimum absolute atomic E-state index is 0.114. The number of methoxy groups -OCH3 is 1. The van der Waals surface area contributed by atoms with Crippen LogP contribution in [0, 0.1) is 0 Å². The van der Waals surface area contributed by atoms with E-state index in [0.717, 1.165) is 35.7 Å². The average Bonchev–Trinajstić information content (AvgIpc) is 2.97. The normalized spacial score (nSPS) is 12.0. The molecule has 0 spiro atoms. The lowest BCUT2D eigenvalue weighted by Gasteiger charge is -2.12. The highest BCUT2D eigenvalue weighted by Crippen LogP contribution is 2.25. The van der Waals surface area contributed by atoms with Crippen LogP contribution in [0.2, 0.25) is 0 Å². The molecule has 0 bridgehead atoms. The van der Waals surface area contributed by atoms with Crippen LogP contribution in [0.3, 0.4) is 0 Å². The molecule has 0 aliphatic heterocycles. The highest BCUT2D eigenvalue weighted by Gasteiger charge is 2.19. The Morgan fingerprint density at radius 3 is 2.71 bits per heavy atom. The van der Waals surface area contributed by atoms with E-state index < -0.39 is 0 Å². The number of ether oxygens (including phenoxy) is 1. The second kappa shape index (κ2) is 7.17. The number of nitrogens with one attached hydrogen (secondary N) is 1. The molecule has 1 aromatic carbocycles. The Balaban J connectivity index is 2.19. The number of hydrogen-bond acceptors (Lipinski definition) is 5. The van der Waals surface area contributed by atoms with E-state index in [1.54, 1.807) is 7.11 Å². The maximum Gasteiger partial charge on any atom is 0.265 e. The molecule has 0 saturated heterocycles. The maximum absolute atomic E-state index is 12.3. The van der Waals surface area contributed by atoms with Gasteiger partial charge in [-0.2, -0.15) is 0 Å². The van der Waals surface area contributed by atoms with Crippen LogP contribution in [-0.2, 0) is 0 Å². The molecule has 112 valence electrons. The molecule has 2 aromatic rings. The van der Waals surface area contributed by atoms with Crippen molar-refractivity contribution in [2.24, 2.45) is 0 Å². The summed E-state index contributed by atoms with van der Waals surface area (Å²) in [5.41, 5.74) is 1.47. The van der Waals surface area contributed by atoms with Crippen molar-refractivity contribution < 1.29 is 9.53 Å². The Kier molecular flexibility index (Phi) is 5.27. The van der Waals surface area contributed by atoms with E-state index in [0.29, 0.717) is 10.6 Å². The number of amides is 1. The highest BCUT2D eigenvalue weighted by molar-refractivity contribution is 7.08. The van der Waals surface area contributed by atoms with Crippen molar-refractivity contribution in [3.63, 3.8) is 0 Å². The van der Waals surface area contributed by atoms with Crippen molar-refractivity contribution in [2.45, 2.75) is 32.7 Å².